The van der Waals surface area contributed by atoms with Gasteiger partial charge >= 0.3 is 0 Å². The van der Waals surface area contributed by atoms with Crippen LogP contribution in [-0.4, -0.2) is 30.6 Å². The Labute approximate surface area is 96.2 Å². The highest BCUT2D eigenvalue weighted by molar-refractivity contribution is 5.17. The molecule has 0 spiro atoms. The zero-order chi connectivity index (χ0) is 11.4. The number of likely N-dealkylation sites (tertiary alicyclic amines) is 1. The second kappa shape index (κ2) is 5.41. The van der Waals surface area contributed by atoms with Gasteiger partial charge in [0.2, 0.25) is 0 Å². The fraction of sp³-hybridized carbons (Fsp3) is 0.538. The van der Waals surface area contributed by atoms with E-state index in [1.54, 1.807) is 0 Å². The number of nitrogens with two attached hydrogens (primary N) is 1. The fourth-order valence-electron chi connectivity index (χ4n) is 2.48. The van der Waals surface area contributed by atoms with E-state index in [0.29, 0.717) is 6.04 Å². The summed E-state index contributed by atoms with van der Waals surface area (Å²) in [7, 11) is 0. The second-order valence-corrected chi connectivity index (χ2v) is 4.45. The molecule has 1 fully saturated rings. The van der Waals surface area contributed by atoms with Gasteiger partial charge in [-0.3, -0.25) is 4.90 Å². The van der Waals surface area contributed by atoms with Crippen LogP contribution in [0, 0.1) is 5.82 Å². The average Bonchev–Trinajstić information content (AvgIpc) is 2.70. The highest BCUT2D eigenvalue weighted by Crippen LogP contribution is 2.20. The number of hydrogen-bond acceptors (Lipinski definition) is 2. The summed E-state index contributed by atoms with van der Waals surface area (Å²) < 4.78 is 12.8. The molecule has 1 aromatic rings. The van der Waals surface area contributed by atoms with Crippen molar-refractivity contribution in [3.63, 3.8) is 0 Å². The van der Waals surface area contributed by atoms with Crippen molar-refractivity contribution in [2.45, 2.75) is 25.3 Å². The van der Waals surface area contributed by atoms with Crippen LogP contribution in [-0.2, 0) is 6.42 Å². The van der Waals surface area contributed by atoms with E-state index in [9.17, 15) is 4.39 Å². The summed E-state index contributed by atoms with van der Waals surface area (Å²) in [5.41, 5.74) is 6.81. The second-order valence-electron chi connectivity index (χ2n) is 4.45. The van der Waals surface area contributed by atoms with Gasteiger partial charge in [-0.2, -0.15) is 0 Å². The molecular weight excluding hydrogens is 203 g/mol. The predicted molar refractivity (Wildman–Crippen MR) is 63.8 cm³/mol. The van der Waals surface area contributed by atoms with E-state index in [-0.39, 0.29) is 5.82 Å². The molecule has 0 amide bonds. The van der Waals surface area contributed by atoms with Gasteiger partial charge in [-0.15, -0.1) is 0 Å². The van der Waals surface area contributed by atoms with E-state index in [4.69, 9.17) is 5.73 Å². The van der Waals surface area contributed by atoms with Crippen molar-refractivity contribution in [3.05, 3.63) is 35.6 Å². The van der Waals surface area contributed by atoms with Crippen LogP contribution in [0.3, 0.4) is 0 Å². The summed E-state index contributed by atoms with van der Waals surface area (Å²) in [5, 5.41) is 0. The lowest BCUT2D eigenvalue weighted by Gasteiger charge is -2.23. The summed E-state index contributed by atoms with van der Waals surface area (Å²) in [6.45, 7) is 2.86. The molecule has 1 aromatic carbocycles. The predicted octanol–water partition coefficient (Wildman–Crippen LogP) is 1.79. The van der Waals surface area contributed by atoms with Crippen molar-refractivity contribution >= 4 is 0 Å². The van der Waals surface area contributed by atoms with E-state index in [0.717, 1.165) is 26.1 Å². The summed E-state index contributed by atoms with van der Waals surface area (Å²) in [6.07, 6.45) is 3.50. The maximum absolute atomic E-state index is 12.8. The number of hydrogen-bond donors (Lipinski definition) is 1. The van der Waals surface area contributed by atoms with E-state index >= 15 is 0 Å². The van der Waals surface area contributed by atoms with Crippen molar-refractivity contribution in [1.82, 2.24) is 4.90 Å². The molecule has 0 aliphatic carbocycles. The Kier molecular flexibility index (Phi) is 3.91. The molecule has 1 aliphatic heterocycles. The minimum absolute atomic E-state index is 0.158. The van der Waals surface area contributed by atoms with Crippen molar-refractivity contribution < 1.29 is 4.39 Å². The first kappa shape index (κ1) is 11.6. The van der Waals surface area contributed by atoms with Crippen molar-refractivity contribution in [2.24, 2.45) is 5.73 Å². The molecule has 1 heterocycles. The zero-order valence-electron chi connectivity index (χ0n) is 9.53. The van der Waals surface area contributed by atoms with Gasteiger partial charge in [0.1, 0.15) is 5.82 Å². The maximum Gasteiger partial charge on any atom is 0.123 e. The average molecular weight is 222 g/mol. The third-order valence-electron chi connectivity index (χ3n) is 3.30. The highest BCUT2D eigenvalue weighted by atomic mass is 19.1. The van der Waals surface area contributed by atoms with E-state index in [2.05, 4.69) is 4.90 Å². The van der Waals surface area contributed by atoms with Crippen LogP contribution < -0.4 is 5.73 Å². The Morgan fingerprint density at radius 2 is 2.06 bits per heavy atom. The molecule has 1 unspecified atom stereocenters. The molecule has 2 N–H and O–H groups in total. The smallest absolute Gasteiger partial charge is 0.123 e. The Morgan fingerprint density at radius 3 is 2.75 bits per heavy atom. The summed E-state index contributed by atoms with van der Waals surface area (Å²) >= 11 is 0. The maximum atomic E-state index is 12.8. The van der Waals surface area contributed by atoms with Gasteiger partial charge in [-0.1, -0.05) is 12.1 Å². The fourth-order valence-corrected chi connectivity index (χ4v) is 2.48. The minimum atomic E-state index is -0.158. The normalized spacial score (nSPS) is 21.5. The Bertz CT molecular complexity index is 323. The van der Waals surface area contributed by atoms with Gasteiger partial charge < -0.3 is 5.73 Å². The van der Waals surface area contributed by atoms with Crippen LogP contribution >= 0.6 is 0 Å². The van der Waals surface area contributed by atoms with Crippen molar-refractivity contribution in [1.29, 1.82) is 0 Å². The lowest BCUT2D eigenvalue weighted by atomic mass is 10.0. The van der Waals surface area contributed by atoms with Crippen molar-refractivity contribution in [3.8, 4) is 0 Å². The van der Waals surface area contributed by atoms with E-state index in [1.165, 1.54) is 30.5 Å². The molecule has 88 valence electrons. The van der Waals surface area contributed by atoms with Gasteiger partial charge in [-0.25, -0.2) is 4.39 Å². The largest absolute Gasteiger partial charge is 0.329 e. The van der Waals surface area contributed by atoms with Crippen molar-refractivity contribution in [2.75, 3.05) is 19.6 Å². The Morgan fingerprint density at radius 1 is 1.31 bits per heavy atom. The monoisotopic (exact) mass is 222 g/mol. The SMILES string of the molecule is NCCN1CCCC1Cc1ccc(F)cc1. The number of halogens is 1. The lowest BCUT2D eigenvalue weighted by Crippen LogP contribution is -2.35. The molecule has 3 heteroatoms. The first-order valence-corrected chi connectivity index (χ1v) is 5.98. The molecule has 16 heavy (non-hydrogen) atoms. The molecule has 2 rings (SSSR count). The van der Waals surface area contributed by atoms with Gasteiger partial charge in [0.25, 0.3) is 0 Å². The van der Waals surface area contributed by atoms with Crippen LogP contribution in [0.25, 0.3) is 0 Å². The molecule has 1 atom stereocenters. The molecule has 0 bridgehead atoms. The van der Waals surface area contributed by atoms with Gasteiger partial charge in [0, 0.05) is 19.1 Å². The van der Waals surface area contributed by atoms with Gasteiger partial charge in [0.15, 0.2) is 0 Å². The van der Waals surface area contributed by atoms with Crippen LogP contribution in [0.2, 0.25) is 0 Å². The minimum Gasteiger partial charge on any atom is -0.329 e. The molecule has 0 saturated carbocycles. The summed E-state index contributed by atoms with van der Waals surface area (Å²) in [4.78, 5) is 2.45. The number of benzene rings is 1. The lowest BCUT2D eigenvalue weighted by molar-refractivity contribution is 0.259. The Hall–Kier alpha value is -0.930. The zero-order valence-corrected chi connectivity index (χ0v) is 9.53. The Balaban J connectivity index is 1.95. The third kappa shape index (κ3) is 2.80. The number of rotatable bonds is 4. The first-order valence-electron chi connectivity index (χ1n) is 5.98. The van der Waals surface area contributed by atoms with E-state index < -0.39 is 0 Å². The molecule has 1 saturated heterocycles. The molecule has 0 radical (unpaired) electrons. The standard InChI is InChI=1S/C13H19FN2/c14-12-5-3-11(4-6-12)10-13-2-1-8-16(13)9-7-15/h3-6,13H,1-2,7-10,15H2. The van der Waals surface area contributed by atoms with Gasteiger partial charge in [0.05, 0.1) is 0 Å². The summed E-state index contributed by atoms with van der Waals surface area (Å²) in [6, 6.07) is 7.44. The third-order valence-corrected chi connectivity index (χ3v) is 3.30. The molecular formula is C13H19FN2. The first-order chi connectivity index (χ1) is 7.79. The van der Waals surface area contributed by atoms with Crippen LogP contribution in [0.4, 0.5) is 4.39 Å². The van der Waals surface area contributed by atoms with Crippen LogP contribution in [0.5, 0.6) is 0 Å². The van der Waals surface area contributed by atoms with Crippen LogP contribution in [0.15, 0.2) is 24.3 Å². The topological polar surface area (TPSA) is 29.3 Å². The molecule has 0 aromatic heterocycles. The molecule has 2 nitrogen and oxygen atoms in total. The quantitative estimate of drug-likeness (QED) is 0.841. The summed E-state index contributed by atoms with van der Waals surface area (Å²) in [5.74, 6) is -0.158. The van der Waals surface area contributed by atoms with Crippen LogP contribution in [0.1, 0.15) is 18.4 Å². The highest BCUT2D eigenvalue weighted by Gasteiger charge is 2.23. The van der Waals surface area contributed by atoms with E-state index in [1.807, 2.05) is 12.1 Å². The molecule has 1 aliphatic rings. The number of nitrogens with zero attached hydrogens (tertiary/aromatic N) is 1. The van der Waals surface area contributed by atoms with Gasteiger partial charge in [-0.05, 0) is 43.5 Å².